The number of nitrogens with zero attached hydrogens (tertiary/aromatic N) is 2. The molecule has 108 valence electrons. The number of aromatic nitrogens is 1. The third-order valence-corrected chi connectivity index (χ3v) is 3.61. The van der Waals surface area contributed by atoms with Gasteiger partial charge in [-0.1, -0.05) is 20.3 Å². The van der Waals surface area contributed by atoms with Crippen molar-refractivity contribution >= 4 is 18.0 Å². The molecule has 0 bridgehead atoms. The molecule has 1 aromatic heterocycles. The lowest BCUT2D eigenvalue weighted by atomic mass is 10.0. The second-order valence-electron chi connectivity index (χ2n) is 5.37. The first-order valence-electron chi connectivity index (χ1n) is 7.10. The Bertz CT molecular complexity index is 484. The fraction of sp³-hybridized carbons (Fsp3) is 0.533. The summed E-state index contributed by atoms with van der Waals surface area (Å²) in [5.74, 6) is 1.03. The van der Waals surface area contributed by atoms with Gasteiger partial charge in [0.2, 0.25) is 5.91 Å². The molecule has 1 aliphatic rings. The zero-order chi connectivity index (χ0) is 14.5. The monoisotopic (exact) mass is 275 g/mol. The van der Waals surface area contributed by atoms with Crippen LogP contribution in [-0.2, 0) is 4.79 Å². The first-order valence-corrected chi connectivity index (χ1v) is 7.10. The van der Waals surface area contributed by atoms with E-state index in [0.29, 0.717) is 24.5 Å². The summed E-state index contributed by atoms with van der Waals surface area (Å²) in [5, 5.41) is 3.24. The van der Waals surface area contributed by atoms with Gasteiger partial charge in [0.05, 0.1) is 6.04 Å². The van der Waals surface area contributed by atoms with Crippen molar-refractivity contribution in [2.75, 3.05) is 18.4 Å². The number of likely N-dealkylation sites (tertiary alicyclic amines) is 1. The van der Waals surface area contributed by atoms with Gasteiger partial charge >= 0.3 is 0 Å². The Labute approximate surface area is 119 Å². The third-order valence-electron chi connectivity index (χ3n) is 3.61. The Morgan fingerprint density at radius 2 is 2.35 bits per heavy atom. The van der Waals surface area contributed by atoms with Crippen LogP contribution in [0.3, 0.4) is 0 Å². The molecule has 1 amide bonds. The van der Waals surface area contributed by atoms with Crippen LogP contribution in [0.2, 0.25) is 0 Å². The van der Waals surface area contributed by atoms with Crippen molar-refractivity contribution < 1.29 is 9.59 Å². The number of carbonyl (C=O) groups is 2. The van der Waals surface area contributed by atoms with Crippen molar-refractivity contribution in [2.45, 2.75) is 32.7 Å². The third kappa shape index (κ3) is 3.35. The van der Waals surface area contributed by atoms with E-state index in [4.69, 9.17) is 0 Å². The van der Waals surface area contributed by atoms with Crippen LogP contribution in [0.5, 0.6) is 0 Å². The Morgan fingerprint density at radius 3 is 3.00 bits per heavy atom. The topological polar surface area (TPSA) is 62.3 Å². The van der Waals surface area contributed by atoms with Crippen LogP contribution in [0.1, 0.15) is 37.0 Å². The first-order chi connectivity index (χ1) is 9.63. The number of hydrogen-bond acceptors (Lipinski definition) is 4. The Kier molecular flexibility index (Phi) is 4.71. The predicted molar refractivity (Wildman–Crippen MR) is 77.7 cm³/mol. The normalized spacial score (nSPS) is 16.4. The summed E-state index contributed by atoms with van der Waals surface area (Å²) in [6, 6.07) is 3.61. The van der Waals surface area contributed by atoms with Crippen molar-refractivity contribution in [1.29, 1.82) is 0 Å². The molecule has 2 rings (SSSR count). The Hall–Kier alpha value is -1.91. The predicted octanol–water partition coefficient (Wildman–Crippen LogP) is 1.95. The van der Waals surface area contributed by atoms with E-state index in [1.807, 2.05) is 11.8 Å². The van der Waals surface area contributed by atoms with Gasteiger partial charge in [0.1, 0.15) is 12.1 Å². The molecular weight excluding hydrogens is 254 g/mol. The number of anilines is 1. The smallest absolute Gasteiger partial charge is 0.225 e. The van der Waals surface area contributed by atoms with E-state index in [1.165, 1.54) is 0 Å². The minimum Gasteiger partial charge on any atom is -0.364 e. The fourth-order valence-corrected chi connectivity index (χ4v) is 2.43. The molecular formula is C15H21N3O2. The first kappa shape index (κ1) is 14.5. The summed E-state index contributed by atoms with van der Waals surface area (Å²) in [4.78, 5) is 28.8. The van der Waals surface area contributed by atoms with E-state index in [1.54, 1.807) is 18.3 Å². The summed E-state index contributed by atoms with van der Waals surface area (Å²) in [7, 11) is 0. The quantitative estimate of drug-likeness (QED) is 0.806. The summed E-state index contributed by atoms with van der Waals surface area (Å²) in [6.07, 6.45) is 4.38. The van der Waals surface area contributed by atoms with Crippen LogP contribution in [0.25, 0.3) is 0 Å². The number of hydrogen-bond donors (Lipinski definition) is 1. The molecule has 1 fully saturated rings. The second-order valence-corrected chi connectivity index (χ2v) is 5.37. The van der Waals surface area contributed by atoms with Crippen molar-refractivity contribution in [1.82, 2.24) is 9.88 Å². The molecule has 5 heteroatoms. The van der Waals surface area contributed by atoms with Gasteiger partial charge in [-0.05, 0) is 18.6 Å². The number of amides is 1. The highest BCUT2D eigenvalue weighted by molar-refractivity contribution is 5.79. The average Bonchev–Trinajstić information content (AvgIpc) is 2.42. The van der Waals surface area contributed by atoms with E-state index >= 15 is 0 Å². The molecule has 20 heavy (non-hydrogen) atoms. The minimum atomic E-state index is 0.109. The van der Waals surface area contributed by atoms with Crippen molar-refractivity contribution in [2.24, 2.45) is 5.92 Å². The van der Waals surface area contributed by atoms with E-state index in [-0.39, 0.29) is 17.9 Å². The number of pyridine rings is 1. The van der Waals surface area contributed by atoms with Gasteiger partial charge in [0, 0.05) is 30.8 Å². The summed E-state index contributed by atoms with van der Waals surface area (Å²) in [5.41, 5.74) is 0.603. The standard InChI is InChI=1S/C15H21N3O2/c1-3-4-11(2)15(20)18-8-13(9-18)17-14-7-12(10-19)5-6-16-14/h5-7,10-11,13H,3-4,8-9H2,1-2H3,(H,16,17). The van der Waals surface area contributed by atoms with E-state index < -0.39 is 0 Å². The van der Waals surface area contributed by atoms with Crippen LogP contribution in [-0.4, -0.2) is 41.2 Å². The van der Waals surface area contributed by atoms with Crippen LogP contribution >= 0.6 is 0 Å². The summed E-state index contributed by atoms with van der Waals surface area (Å²) >= 11 is 0. The highest BCUT2D eigenvalue weighted by atomic mass is 16.2. The molecule has 5 nitrogen and oxygen atoms in total. The number of rotatable bonds is 6. The van der Waals surface area contributed by atoms with Gasteiger partial charge in [0.15, 0.2) is 0 Å². The van der Waals surface area contributed by atoms with Gasteiger partial charge in [-0.2, -0.15) is 0 Å². The average molecular weight is 275 g/mol. The zero-order valence-corrected chi connectivity index (χ0v) is 12.0. The van der Waals surface area contributed by atoms with Gasteiger partial charge in [-0.25, -0.2) is 4.98 Å². The minimum absolute atomic E-state index is 0.109. The van der Waals surface area contributed by atoms with Crippen molar-refractivity contribution in [3.63, 3.8) is 0 Å². The van der Waals surface area contributed by atoms with Crippen LogP contribution in [0, 0.1) is 5.92 Å². The lowest BCUT2D eigenvalue weighted by molar-refractivity contribution is -0.139. The van der Waals surface area contributed by atoms with Crippen LogP contribution in [0.4, 0.5) is 5.82 Å². The van der Waals surface area contributed by atoms with Crippen LogP contribution in [0.15, 0.2) is 18.3 Å². The molecule has 0 saturated carbocycles. The number of aldehydes is 1. The van der Waals surface area contributed by atoms with E-state index in [9.17, 15) is 9.59 Å². The van der Waals surface area contributed by atoms with Crippen molar-refractivity contribution in [3.8, 4) is 0 Å². The van der Waals surface area contributed by atoms with Gasteiger partial charge in [-0.3, -0.25) is 9.59 Å². The van der Waals surface area contributed by atoms with Gasteiger partial charge in [-0.15, -0.1) is 0 Å². The SMILES string of the molecule is CCCC(C)C(=O)N1CC(Nc2cc(C=O)ccn2)C1. The molecule has 1 atom stereocenters. The highest BCUT2D eigenvalue weighted by Crippen LogP contribution is 2.18. The van der Waals surface area contributed by atoms with E-state index in [0.717, 1.165) is 19.1 Å². The maximum atomic E-state index is 12.0. The molecule has 0 spiro atoms. The fourth-order valence-electron chi connectivity index (χ4n) is 2.43. The molecule has 0 aliphatic carbocycles. The largest absolute Gasteiger partial charge is 0.364 e. The zero-order valence-electron chi connectivity index (χ0n) is 12.0. The van der Waals surface area contributed by atoms with Crippen molar-refractivity contribution in [3.05, 3.63) is 23.9 Å². The second kappa shape index (κ2) is 6.50. The Morgan fingerprint density at radius 1 is 1.60 bits per heavy atom. The maximum absolute atomic E-state index is 12.0. The summed E-state index contributed by atoms with van der Waals surface area (Å²) < 4.78 is 0. The molecule has 1 aliphatic heterocycles. The molecule has 1 aromatic rings. The lowest BCUT2D eigenvalue weighted by Crippen LogP contribution is -2.58. The Balaban J connectivity index is 1.81. The van der Waals surface area contributed by atoms with Gasteiger partial charge in [0.25, 0.3) is 0 Å². The van der Waals surface area contributed by atoms with E-state index in [2.05, 4.69) is 17.2 Å². The molecule has 1 unspecified atom stereocenters. The number of nitrogens with one attached hydrogen (secondary N) is 1. The van der Waals surface area contributed by atoms with Gasteiger partial charge < -0.3 is 10.2 Å². The summed E-state index contributed by atoms with van der Waals surface area (Å²) in [6.45, 7) is 5.50. The maximum Gasteiger partial charge on any atom is 0.225 e. The molecule has 2 heterocycles. The molecule has 1 N–H and O–H groups in total. The molecule has 1 saturated heterocycles. The molecule has 0 aromatic carbocycles. The lowest BCUT2D eigenvalue weighted by Gasteiger charge is -2.41. The molecule has 0 radical (unpaired) electrons. The highest BCUT2D eigenvalue weighted by Gasteiger charge is 2.32. The van der Waals surface area contributed by atoms with Crippen LogP contribution < -0.4 is 5.32 Å². The number of carbonyl (C=O) groups excluding carboxylic acids is 2.